The fourth-order valence-corrected chi connectivity index (χ4v) is 1.83. The molecule has 100 valence electrons. The lowest BCUT2D eigenvalue weighted by Gasteiger charge is -2.20. The number of rotatable bonds is 7. The van der Waals surface area contributed by atoms with Crippen LogP contribution in [0.4, 0.5) is 0 Å². The van der Waals surface area contributed by atoms with Gasteiger partial charge in [0.15, 0.2) is 0 Å². The molecular weight excluding hydrogens is 228 g/mol. The minimum absolute atomic E-state index is 0.0201. The van der Waals surface area contributed by atoms with Crippen molar-refractivity contribution in [2.75, 3.05) is 14.2 Å². The number of methoxy groups -OCH3 is 2. The molecule has 1 rings (SSSR count). The molecule has 0 aliphatic heterocycles. The lowest BCUT2D eigenvalue weighted by Crippen LogP contribution is -2.28. The largest absolute Gasteiger partial charge is 0.497 e. The summed E-state index contributed by atoms with van der Waals surface area (Å²) in [5.41, 5.74) is 4.96. The first kappa shape index (κ1) is 14.5. The third-order valence-corrected chi connectivity index (χ3v) is 2.87. The number of hydrogen-bond acceptors (Lipinski definition) is 4. The quantitative estimate of drug-likeness (QED) is 0.443. The van der Waals surface area contributed by atoms with Gasteiger partial charge in [-0.3, -0.25) is 11.3 Å². The fourth-order valence-electron chi connectivity index (χ4n) is 1.83. The smallest absolute Gasteiger partial charge is 0.123 e. The Morgan fingerprint density at radius 2 is 2.11 bits per heavy atom. The summed E-state index contributed by atoms with van der Waals surface area (Å²) in [4.78, 5) is 0. The van der Waals surface area contributed by atoms with E-state index in [9.17, 15) is 0 Å². The SMILES string of the molecule is C=C(C)CCC(NN)c1cc(OC)ccc1OC. The first-order valence-corrected chi connectivity index (χ1v) is 5.94. The van der Waals surface area contributed by atoms with E-state index in [-0.39, 0.29) is 6.04 Å². The summed E-state index contributed by atoms with van der Waals surface area (Å²) in [6.07, 6.45) is 1.78. The molecule has 4 nitrogen and oxygen atoms in total. The second kappa shape index (κ2) is 7.03. The van der Waals surface area contributed by atoms with Crippen LogP contribution in [0.1, 0.15) is 31.4 Å². The fraction of sp³-hybridized carbons (Fsp3) is 0.429. The normalized spacial score (nSPS) is 12.0. The van der Waals surface area contributed by atoms with E-state index in [0.717, 1.165) is 35.5 Å². The van der Waals surface area contributed by atoms with Crippen LogP contribution in [0.2, 0.25) is 0 Å². The number of nitrogens with one attached hydrogen (secondary N) is 1. The van der Waals surface area contributed by atoms with Gasteiger partial charge in [-0.2, -0.15) is 0 Å². The molecule has 0 saturated heterocycles. The Labute approximate surface area is 109 Å². The van der Waals surface area contributed by atoms with E-state index >= 15 is 0 Å². The van der Waals surface area contributed by atoms with E-state index in [0.29, 0.717) is 0 Å². The van der Waals surface area contributed by atoms with E-state index in [1.165, 1.54) is 0 Å². The lowest BCUT2D eigenvalue weighted by atomic mass is 9.99. The van der Waals surface area contributed by atoms with Crippen LogP contribution >= 0.6 is 0 Å². The third kappa shape index (κ3) is 3.75. The van der Waals surface area contributed by atoms with Crippen LogP contribution in [0.3, 0.4) is 0 Å². The molecule has 0 spiro atoms. The summed E-state index contributed by atoms with van der Waals surface area (Å²) in [6.45, 7) is 5.92. The number of nitrogens with two attached hydrogens (primary N) is 1. The predicted octanol–water partition coefficient (Wildman–Crippen LogP) is 2.56. The van der Waals surface area contributed by atoms with Gasteiger partial charge in [0.2, 0.25) is 0 Å². The van der Waals surface area contributed by atoms with Gasteiger partial charge in [0.25, 0.3) is 0 Å². The minimum Gasteiger partial charge on any atom is -0.497 e. The van der Waals surface area contributed by atoms with Crippen molar-refractivity contribution in [2.24, 2.45) is 5.84 Å². The van der Waals surface area contributed by atoms with Crippen molar-refractivity contribution in [1.82, 2.24) is 5.43 Å². The summed E-state index contributed by atoms with van der Waals surface area (Å²) in [6, 6.07) is 5.72. The zero-order chi connectivity index (χ0) is 13.5. The molecule has 1 aromatic carbocycles. The van der Waals surface area contributed by atoms with Gasteiger partial charge in [-0.05, 0) is 38.0 Å². The minimum atomic E-state index is 0.0201. The summed E-state index contributed by atoms with van der Waals surface area (Å²) < 4.78 is 10.6. The van der Waals surface area contributed by atoms with Crippen molar-refractivity contribution >= 4 is 0 Å². The van der Waals surface area contributed by atoms with Crippen LogP contribution in [-0.2, 0) is 0 Å². The average molecular weight is 250 g/mol. The molecule has 4 heteroatoms. The van der Waals surface area contributed by atoms with Gasteiger partial charge >= 0.3 is 0 Å². The van der Waals surface area contributed by atoms with E-state index in [1.54, 1.807) is 14.2 Å². The van der Waals surface area contributed by atoms with Crippen molar-refractivity contribution in [2.45, 2.75) is 25.8 Å². The van der Waals surface area contributed by atoms with Crippen molar-refractivity contribution in [3.63, 3.8) is 0 Å². The number of hydrazine groups is 1. The molecule has 0 aromatic heterocycles. The maximum atomic E-state index is 5.63. The van der Waals surface area contributed by atoms with Gasteiger partial charge in [-0.15, -0.1) is 6.58 Å². The first-order valence-electron chi connectivity index (χ1n) is 5.94. The van der Waals surface area contributed by atoms with Crippen molar-refractivity contribution in [3.05, 3.63) is 35.9 Å². The van der Waals surface area contributed by atoms with Gasteiger partial charge in [-0.1, -0.05) is 5.57 Å². The highest BCUT2D eigenvalue weighted by molar-refractivity contribution is 5.42. The topological polar surface area (TPSA) is 56.5 Å². The van der Waals surface area contributed by atoms with Crippen LogP contribution in [0.15, 0.2) is 30.4 Å². The molecule has 0 fully saturated rings. The van der Waals surface area contributed by atoms with E-state index < -0.39 is 0 Å². The van der Waals surface area contributed by atoms with Crippen molar-refractivity contribution < 1.29 is 9.47 Å². The molecule has 0 bridgehead atoms. The van der Waals surface area contributed by atoms with Crippen LogP contribution in [0, 0.1) is 0 Å². The Morgan fingerprint density at radius 3 is 2.61 bits per heavy atom. The molecule has 1 atom stereocenters. The van der Waals surface area contributed by atoms with Crippen LogP contribution in [0.25, 0.3) is 0 Å². The maximum Gasteiger partial charge on any atom is 0.123 e. The van der Waals surface area contributed by atoms with Crippen LogP contribution < -0.4 is 20.7 Å². The highest BCUT2D eigenvalue weighted by Gasteiger charge is 2.15. The molecule has 0 aliphatic rings. The number of benzene rings is 1. The van der Waals surface area contributed by atoms with Crippen LogP contribution in [-0.4, -0.2) is 14.2 Å². The highest BCUT2D eigenvalue weighted by Crippen LogP contribution is 2.31. The molecule has 18 heavy (non-hydrogen) atoms. The molecule has 0 heterocycles. The van der Waals surface area contributed by atoms with Gasteiger partial charge in [-0.25, -0.2) is 0 Å². The second-order valence-corrected chi connectivity index (χ2v) is 4.32. The Balaban J connectivity index is 2.97. The number of hydrogen-bond donors (Lipinski definition) is 2. The molecule has 0 radical (unpaired) electrons. The Morgan fingerprint density at radius 1 is 1.39 bits per heavy atom. The predicted molar refractivity (Wildman–Crippen MR) is 73.7 cm³/mol. The van der Waals surface area contributed by atoms with Crippen molar-refractivity contribution in [3.8, 4) is 11.5 Å². The zero-order valence-corrected chi connectivity index (χ0v) is 11.3. The molecule has 0 aliphatic carbocycles. The highest BCUT2D eigenvalue weighted by atomic mass is 16.5. The first-order chi connectivity index (χ1) is 8.62. The van der Waals surface area contributed by atoms with Gasteiger partial charge in [0.05, 0.1) is 20.3 Å². The van der Waals surface area contributed by atoms with Gasteiger partial charge in [0, 0.05) is 5.56 Å². The zero-order valence-electron chi connectivity index (χ0n) is 11.3. The van der Waals surface area contributed by atoms with E-state index in [2.05, 4.69) is 12.0 Å². The standard InChI is InChI=1S/C14H22N2O2/c1-10(2)5-7-13(16-15)12-9-11(17-3)6-8-14(12)18-4/h6,8-9,13,16H,1,5,7,15H2,2-4H3. The molecule has 0 saturated carbocycles. The lowest BCUT2D eigenvalue weighted by molar-refractivity contribution is 0.387. The van der Waals surface area contributed by atoms with Gasteiger partial charge in [0.1, 0.15) is 11.5 Å². The maximum absolute atomic E-state index is 5.63. The molecule has 0 amide bonds. The number of allylic oxidation sites excluding steroid dienone is 1. The van der Waals surface area contributed by atoms with Crippen LogP contribution in [0.5, 0.6) is 11.5 Å². The number of ether oxygens (including phenoxy) is 2. The monoisotopic (exact) mass is 250 g/mol. The molecule has 1 unspecified atom stereocenters. The molecule has 1 aromatic rings. The van der Waals surface area contributed by atoms with E-state index in [1.807, 2.05) is 25.1 Å². The molecule has 3 N–H and O–H groups in total. The second-order valence-electron chi connectivity index (χ2n) is 4.32. The average Bonchev–Trinajstić information content (AvgIpc) is 2.38. The third-order valence-electron chi connectivity index (χ3n) is 2.87. The van der Waals surface area contributed by atoms with Gasteiger partial charge < -0.3 is 9.47 Å². The Kier molecular flexibility index (Phi) is 5.68. The Bertz CT molecular complexity index is 405. The molecular formula is C14H22N2O2. The van der Waals surface area contributed by atoms with Crippen molar-refractivity contribution in [1.29, 1.82) is 0 Å². The Hall–Kier alpha value is -1.52. The summed E-state index contributed by atoms with van der Waals surface area (Å²) in [7, 11) is 3.29. The summed E-state index contributed by atoms with van der Waals surface area (Å²) in [5, 5.41) is 0. The van der Waals surface area contributed by atoms with E-state index in [4.69, 9.17) is 15.3 Å². The summed E-state index contributed by atoms with van der Waals surface area (Å²) in [5.74, 6) is 7.23. The summed E-state index contributed by atoms with van der Waals surface area (Å²) >= 11 is 0.